The van der Waals surface area contributed by atoms with Gasteiger partial charge in [-0.3, -0.25) is 0 Å². The molecule has 0 amide bonds. The fraction of sp³-hybridized carbons (Fsp3) is 0.444. The van der Waals surface area contributed by atoms with Crippen LogP contribution in [0, 0.1) is 0 Å². The molecule has 0 saturated heterocycles. The minimum atomic E-state index is 0.103. The van der Waals surface area contributed by atoms with E-state index in [4.69, 9.17) is 19.9 Å². The Morgan fingerprint density at radius 3 is 1.09 bits per heavy atom. The van der Waals surface area contributed by atoms with Gasteiger partial charge in [0.25, 0.3) is 0 Å². The fourth-order valence-electron chi connectivity index (χ4n) is 6.32. The summed E-state index contributed by atoms with van der Waals surface area (Å²) in [6, 6.07) is 26.9. The van der Waals surface area contributed by atoms with Gasteiger partial charge in [0.2, 0.25) is 11.9 Å². The van der Waals surface area contributed by atoms with Gasteiger partial charge in [-0.1, -0.05) is 60.7 Å². The first-order valence-corrected chi connectivity index (χ1v) is 16.0. The summed E-state index contributed by atoms with van der Waals surface area (Å²) >= 11 is 0. The number of benzene rings is 2. The molecule has 0 spiro atoms. The molecule has 1 saturated carbocycles. The van der Waals surface area contributed by atoms with E-state index in [-0.39, 0.29) is 47.8 Å². The summed E-state index contributed by atoms with van der Waals surface area (Å²) in [5.41, 5.74) is 4.61. The summed E-state index contributed by atoms with van der Waals surface area (Å²) in [6.45, 7) is 17.0. The molecule has 1 aliphatic carbocycles. The van der Waals surface area contributed by atoms with Gasteiger partial charge in [0, 0.05) is 60.0 Å². The van der Waals surface area contributed by atoms with Crippen LogP contribution in [0.4, 0.5) is 23.5 Å². The second kappa shape index (κ2) is 13.6. The zero-order valence-electron chi connectivity index (χ0n) is 27.3. The first kappa shape index (κ1) is 31.2. The molecule has 2 aromatic heterocycles. The van der Waals surface area contributed by atoms with Crippen LogP contribution in [-0.2, 0) is 0 Å². The van der Waals surface area contributed by atoms with E-state index in [0.717, 1.165) is 23.0 Å². The van der Waals surface area contributed by atoms with Crippen LogP contribution in [0.3, 0.4) is 0 Å². The molecular formula is C36H48N8. The van der Waals surface area contributed by atoms with Crippen LogP contribution in [0.15, 0.2) is 72.8 Å². The van der Waals surface area contributed by atoms with Crippen molar-refractivity contribution in [3.8, 4) is 0 Å². The fourth-order valence-corrected chi connectivity index (χ4v) is 6.32. The Bertz CT molecular complexity index is 1320. The van der Waals surface area contributed by atoms with Gasteiger partial charge in [-0.05, 0) is 66.5 Å². The van der Waals surface area contributed by atoms with Crippen LogP contribution in [0.25, 0.3) is 0 Å². The molecule has 5 rings (SSSR count). The highest BCUT2D eigenvalue weighted by Crippen LogP contribution is 2.66. The van der Waals surface area contributed by atoms with Gasteiger partial charge in [0.15, 0.2) is 0 Å². The molecule has 2 aromatic carbocycles. The van der Waals surface area contributed by atoms with E-state index < -0.39 is 0 Å². The lowest BCUT2D eigenvalue weighted by molar-refractivity contribution is 0.220. The van der Waals surface area contributed by atoms with Gasteiger partial charge in [0.1, 0.15) is 11.6 Å². The molecule has 2 heterocycles. The minimum absolute atomic E-state index is 0.103. The van der Waals surface area contributed by atoms with Gasteiger partial charge < -0.3 is 21.3 Å². The molecule has 232 valence electrons. The van der Waals surface area contributed by atoms with Gasteiger partial charge in [-0.15, -0.1) is 0 Å². The molecule has 8 heteroatoms. The summed E-state index contributed by atoms with van der Waals surface area (Å²) < 4.78 is 0. The lowest BCUT2D eigenvalue weighted by atomic mass is 9.50. The number of nitrogens with one attached hydrogen (secondary N) is 4. The topological polar surface area (TPSA) is 99.7 Å². The number of hydrogen-bond donors (Lipinski definition) is 4. The Morgan fingerprint density at radius 1 is 0.432 bits per heavy atom. The highest BCUT2D eigenvalue weighted by atomic mass is 15.2. The number of aromatic nitrogens is 4. The van der Waals surface area contributed by atoms with E-state index in [1.54, 1.807) is 0 Å². The molecule has 0 atom stereocenters. The molecule has 1 aliphatic rings. The van der Waals surface area contributed by atoms with E-state index in [0.29, 0.717) is 11.9 Å². The van der Waals surface area contributed by atoms with Gasteiger partial charge in [-0.2, -0.15) is 9.97 Å². The van der Waals surface area contributed by atoms with Crippen molar-refractivity contribution >= 4 is 23.5 Å². The summed E-state index contributed by atoms with van der Waals surface area (Å²) in [6.07, 6.45) is 0. The third kappa shape index (κ3) is 7.29. The van der Waals surface area contributed by atoms with Gasteiger partial charge in [-0.25, -0.2) is 9.97 Å². The predicted molar refractivity (Wildman–Crippen MR) is 183 cm³/mol. The van der Waals surface area contributed by atoms with E-state index in [9.17, 15) is 0 Å². The van der Waals surface area contributed by atoms with Crippen LogP contribution < -0.4 is 21.3 Å². The lowest BCUT2D eigenvalue weighted by Crippen LogP contribution is -2.41. The highest BCUT2D eigenvalue weighted by Gasteiger charge is 2.54. The number of anilines is 4. The Balaban J connectivity index is 1.71. The van der Waals surface area contributed by atoms with Crippen molar-refractivity contribution < 1.29 is 0 Å². The summed E-state index contributed by atoms with van der Waals surface area (Å²) in [5.74, 6) is 3.46. The number of hydrogen-bond acceptors (Lipinski definition) is 8. The average molecular weight is 593 g/mol. The zero-order valence-corrected chi connectivity index (χ0v) is 27.3. The Hall–Kier alpha value is -4.20. The lowest BCUT2D eigenvalue weighted by Gasteiger charge is -2.52. The maximum absolute atomic E-state index is 5.18. The largest absolute Gasteiger partial charge is 0.368 e. The first-order valence-electron chi connectivity index (χ1n) is 16.0. The average Bonchev–Trinajstić information content (AvgIpc) is 2.92. The standard InChI is InChI=1S/C36H48N8/c1-21(2)37-29-19-27(41-35(43-29)39-23(5)6)33-31(25-15-11-9-12-16-25)34(32(33)26-17-13-10-14-18-26)28-20-30(38-22(3)4)44-36(42-28)40-24(7)8/h9-24,31-34H,1-8H3,(H2,37,39,41,43)(H2,38,40,42,44)/t31-,32?,33-,34-/m1/s1. The smallest absolute Gasteiger partial charge is 0.225 e. The third-order valence-corrected chi connectivity index (χ3v) is 7.80. The van der Waals surface area contributed by atoms with E-state index >= 15 is 0 Å². The van der Waals surface area contributed by atoms with Crippen molar-refractivity contribution in [2.75, 3.05) is 21.3 Å². The van der Waals surface area contributed by atoms with Crippen LogP contribution in [-0.4, -0.2) is 44.1 Å². The molecular weight excluding hydrogens is 544 g/mol. The second-order valence-corrected chi connectivity index (χ2v) is 13.1. The van der Waals surface area contributed by atoms with Crippen LogP contribution in [0.2, 0.25) is 0 Å². The highest BCUT2D eigenvalue weighted by molar-refractivity contribution is 5.53. The molecule has 4 N–H and O–H groups in total. The molecule has 44 heavy (non-hydrogen) atoms. The summed E-state index contributed by atoms with van der Waals surface area (Å²) in [5, 5.41) is 14.0. The van der Waals surface area contributed by atoms with E-state index in [1.807, 2.05) is 0 Å². The monoisotopic (exact) mass is 592 g/mol. The summed E-state index contributed by atoms with van der Waals surface area (Å²) in [4.78, 5) is 20.0. The van der Waals surface area contributed by atoms with E-state index in [1.165, 1.54) is 11.1 Å². The molecule has 0 radical (unpaired) electrons. The SMILES string of the molecule is CC(C)Nc1cc([C@H]2C(c3ccccc3)[C@H](c3cc(NC(C)C)nc(NC(C)C)n3)[C@H]2c2ccccc2)nc(NC(C)C)n1. The molecule has 1 fully saturated rings. The second-order valence-electron chi connectivity index (χ2n) is 13.1. The van der Waals surface area contributed by atoms with Crippen molar-refractivity contribution in [3.05, 3.63) is 95.3 Å². The van der Waals surface area contributed by atoms with Crippen molar-refractivity contribution in [1.82, 2.24) is 19.9 Å². The van der Waals surface area contributed by atoms with Crippen molar-refractivity contribution in [2.45, 2.75) is 103 Å². The Labute approximate surface area is 263 Å². The first-order chi connectivity index (χ1) is 21.1. The number of rotatable bonds is 12. The molecule has 8 nitrogen and oxygen atoms in total. The Morgan fingerprint density at radius 2 is 0.773 bits per heavy atom. The van der Waals surface area contributed by atoms with Gasteiger partial charge in [0.05, 0.1) is 11.4 Å². The van der Waals surface area contributed by atoms with Crippen molar-refractivity contribution in [1.29, 1.82) is 0 Å². The third-order valence-electron chi connectivity index (χ3n) is 7.80. The summed E-state index contributed by atoms with van der Waals surface area (Å²) in [7, 11) is 0. The normalized spacial score (nSPS) is 19.7. The number of nitrogens with zero attached hydrogens (tertiary/aromatic N) is 4. The van der Waals surface area contributed by atoms with Crippen molar-refractivity contribution in [3.63, 3.8) is 0 Å². The van der Waals surface area contributed by atoms with Crippen LogP contribution in [0.5, 0.6) is 0 Å². The van der Waals surface area contributed by atoms with E-state index in [2.05, 4.69) is 149 Å². The van der Waals surface area contributed by atoms with Crippen LogP contribution >= 0.6 is 0 Å². The minimum Gasteiger partial charge on any atom is -0.368 e. The maximum atomic E-state index is 5.18. The maximum Gasteiger partial charge on any atom is 0.225 e. The van der Waals surface area contributed by atoms with Crippen LogP contribution in [0.1, 0.15) is 102 Å². The van der Waals surface area contributed by atoms with Gasteiger partial charge >= 0.3 is 0 Å². The molecule has 0 aliphatic heterocycles. The predicted octanol–water partition coefficient (Wildman–Crippen LogP) is 8.00. The zero-order chi connectivity index (χ0) is 31.4. The molecule has 4 aromatic rings. The Kier molecular flexibility index (Phi) is 9.67. The van der Waals surface area contributed by atoms with Crippen molar-refractivity contribution in [2.24, 2.45) is 0 Å². The molecule has 0 unspecified atom stereocenters. The molecule has 0 bridgehead atoms. The quantitative estimate of drug-likeness (QED) is 0.131.